The highest BCUT2D eigenvalue weighted by Crippen LogP contribution is 2.17. The van der Waals surface area contributed by atoms with Crippen LogP contribution >= 0.6 is 11.6 Å². The predicted octanol–water partition coefficient (Wildman–Crippen LogP) is 3.28. The van der Waals surface area contributed by atoms with Gasteiger partial charge in [-0.1, -0.05) is 29.8 Å². The van der Waals surface area contributed by atoms with Crippen molar-refractivity contribution in [3.63, 3.8) is 0 Å². The van der Waals surface area contributed by atoms with E-state index in [0.29, 0.717) is 24.7 Å². The summed E-state index contributed by atoms with van der Waals surface area (Å²) in [6, 6.07) is 16.4. The van der Waals surface area contributed by atoms with Gasteiger partial charge in [-0.25, -0.2) is 0 Å². The van der Waals surface area contributed by atoms with E-state index in [1.807, 2.05) is 30.3 Å². The molecule has 2 aromatic carbocycles. The van der Waals surface area contributed by atoms with Gasteiger partial charge in [-0.2, -0.15) is 0 Å². The molecule has 132 valence electrons. The summed E-state index contributed by atoms with van der Waals surface area (Å²) in [4.78, 5) is 25.2. The predicted molar refractivity (Wildman–Crippen MR) is 99.0 cm³/mol. The minimum absolute atomic E-state index is 0.0935. The van der Waals surface area contributed by atoms with Gasteiger partial charge in [0.2, 0.25) is 11.8 Å². The first-order valence-electron chi connectivity index (χ1n) is 8.04. The van der Waals surface area contributed by atoms with E-state index in [9.17, 15) is 9.59 Å². The Hall–Kier alpha value is -2.53. The van der Waals surface area contributed by atoms with Crippen molar-refractivity contribution in [2.75, 3.05) is 24.6 Å². The van der Waals surface area contributed by atoms with Crippen molar-refractivity contribution >= 4 is 29.1 Å². The Bertz CT molecular complexity index is 690. The Labute approximate surface area is 152 Å². The average molecular weight is 361 g/mol. The molecule has 6 heteroatoms. The normalized spacial score (nSPS) is 10.2. The third-order valence-corrected chi connectivity index (χ3v) is 3.77. The third-order valence-electron chi connectivity index (χ3n) is 3.52. The van der Waals surface area contributed by atoms with Crippen LogP contribution < -0.4 is 15.0 Å². The van der Waals surface area contributed by atoms with E-state index in [0.717, 1.165) is 11.4 Å². The monoisotopic (exact) mass is 360 g/mol. The van der Waals surface area contributed by atoms with E-state index >= 15 is 0 Å². The summed E-state index contributed by atoms with van der Waals surface area (Å²) in [5, 5.41) is 3.41. The summed E-state index contributed by atoms with van der Waals surface area (Å²) >= 11 is 5.86. The van der Waals surface area contributed by atoms with Crippen LogP contribution in [0, 0.1) is 0 Å². The second-order valence-corrected chi connectivity index (χ2v) is 5.84. The Morgan fingerprint density at radius 1 is 1.08 bits per heavy atom. The van der Waals surface area contributed by atoms with Crippen LogP contribution in [0.1, 0.15) is 13.3 Å². The smallest absolute Gasteiger partial charge is 0.223 e. The zero-order valence-electron chi connectivity index (χ0n) is 14.1. The van der Waals surface area contributed by atoms with Gasteiger partial charge in [0.1, 0.15) is 5.75 Å². The quantitative estimate of drug-likeness (QED) is 0.786. The van der Waals surface area contributed by atoms with Gasteiger partial charge in [-0.05, 0) is 36.4 Å². The second kappa shape index (κ2) is 9.69. The summed E-state index contributed by atoms with van der Waals surface area (Å²) in [5.74, 6) is 0.528. The molecule has 0 unspecified atom stereocenters. The van der Waals surface area contributed by atoms with Gasteiger partial charge in [0.15, 0.2) is 0 Å². The van der Waals surface area contributed by atoms with Crippen molar-refractivity contribution in [3.05, 3.63) is 59.6 Å². The Morgan fingerprint density at radius 2 is 1.76 bits per heavy atom. The van der Waals surface area contributed by atoms with Gasteiger partial charge < -0.3 is 15.0 Å². The minimum atomic E-state index is -0.115. The van der Waals surface area contributed by atoms with Crippen LogP contribution in [0.2, 0.25) is 5.02 Å². The molecule has 0 saturated heterocycles. The van der Waals surface area contributed by atoms with Crippen molar-refractivity contribution < 1.29 is 14.3 Å². The molecule has 0 saturated carbocycles. The maximum absolute atomic E-state index is 11.9. The highest BCUT2D eigenvalue weighted by atomic mass is 35.5. The first-order valence-corrected chi connectivity index (χ1v) is 8.42. The zero-order valence-corrected chi connectivity index (χ0v) is 14.8. The van der Waals surface area contributed by atoms with Crippen molar-refractivity contribution in [3.8, 4) is 5.75 Å². The van der Waals surface area contributed by atoms with E-state index in [2.05, 4.69) is 5.32 Å². The van der Waals surface area contributed by atoms with Crippen molar-refractivity contribution in [2.24, 2.45) is 0 Å². The molecule has 0 atom stereocenters. The maximum Gasteiger partial charge on any atom is 0.223 e. The number of nitrogens with one attached hydrogen (secondary N) is 1. The van der Waals surface area contributed by atoms with Gasteiger partial charge in [-0.3, -0.25) is 9.59 Å². The molecule has 0 aliphatic carbocycles. The average Bonchev–Trinajstić information content (AvgIpc) is 2.60. The Kier molecular flexibility index (Phi) is 7.29. The molecule has 25 heavy (non-hydrogen) atoms. The highest BCUT2D eigenvalue weighted by molar-refractivity contribution is 6.30. The first kappa shape index (κ1) is 18.8. The van der Waals surface area contributed by atoms with Crippen molar-refractivity contribution in [1.82, 2.24) is 5.32 Å². The number of carbonyl (C=O) groups is 2. The SMILES string of the molecule is CC(=O)N(CCNC(=O)CCOc1ccccc1)c1ccc(Cl)cc1. The van der Waals surface area contributed by atoms with Gasteiger partial charge in [0.05, 0.1) is 13.0 Å². The molecule has 2 amide bonds. The Morgan fingerprint density at radius 3 is 2.40 bits per heavy atom. The summed E-state index contributed by atoms with van der Waals surface area (Å²) in [7, 11) is 0. The molecule has 0 heterocycles. The van der Waals surface area contributed by atoms with E-state index in [-0.39, 0.29) is 18.2 Å². The molecule has 5 nitrogen and oxygen atoms in total. The molecule has 0 bridgehead atoms. The maximum atomic E-state index is 11.9. The van der Waals surface area contributed by atoms with Crippen LogP contribution in [0.3, 0.4) is 0 Å². The number of carbonyl (C=O) groups excluding carboxylic acids is 2. The molecule has 0 aliphatic heterocycles. The van der Waals surface area contributed by atoms with Gasteiger partial charge >= 0.3 is 0 Å². The number of nitrogens with zero attached hydrogens (tertiary/aromatic N) is 1. The van der Waals surface area contributed by atoms with E-state index in [4.69, 9.17) is 16.3 Å². The molecule has 0 radical (unpaired) electrons. The number of benzene rings is 2. The molecule has 0 aliphatic rings. The van der Waals surface area contributed by atoms with E-state index in [1.54, 1.807) is 29.2 Å². The van der Waals surface area contributed by atoms with E-state index < -0.39 is 0 Å². The third kappa shape index (κ3) is 6.47. The number of hydrogen-bond acceptors (Lipinski definition) is 3. The first-order chi connectivity index (χ1) is 12.1. The van der Waals surface area contributed by atoms with E-state index in [1.165, 1.54) is 6.92 Å². The number of anilines is 1. The van der Waals surface area contributed by atoms with Crippen molar-refractivity contribution in [2.45, 2.75) is 13.3 Å². The molecule has 0 aromatic heterocycles. The summed E-state index contributed by atoms with van der Waals surface area (Å²) in [6.45, 7) is 2.56. The molecule has 2 rings (SSSR count). The van der Waals surface area contributed by atoms with Crippen LogP contribution in [0.4, 0.5) is 5.69 Å². The van der Waals surface area contributed by atoms with Gasteiger partial charge in [-0.15, -0.1) is 0 Å². The zero-order chi connectivity index (χ0) is 18.1. The Balaban J connectivity index is 1.73. The second-order valence-electron chi connectivity index (χ2n) is 5.41. The minimum Gasteiger partial charge on any atom is -0.493 e. The van der Waals surface area contributed by atoms with Crippen LogP contribution in [0.15, 0.2) is 54.6 Å². The number of hydrogen-bond donors (Lipinski definition) is 1. The number of para-hydroxylation sites is 1. The van der Waals surface area contributed by atoms with Crippen molar-refractivity contribution in [1.29, 1.82) is 0 Å². The highest BCUT2D eigenvalue weighted by Gasteiger charge is 2.11. The lowest BCUT2D eigenvalue weighted by molar-refractivity contribution is -0.122. The standard InChI is InChI=1S/C19H21ClN2O3/c1-15(23)22(17-9-7-16(20)8-10-17)13-12-21-19(24)11-14-25-18-5-3-2-4-6-18/h2-10H,11-14H2,1H3,(H,21,24). The van der Waals surface area contributed by atoms with Gasteiger partial charge in [0, 0.05) is 30.7 Å². The molecular weight excluding hydrogens is 340 g/mol. The number of amides is 2. The molecular formula is C19H21ClN2O3. The fourth-order valence-corrected chi connectivity index (χ4v) is 2.39. The molecule has 0 spiro atoms. The summed E-state index contributed by atoms with van der Waals surface area (Å²) < 4.78 is 5.48. The lowest BCUT2D eigenvalue weighted by atomic mass is 10.3. The molecule has 1 N–H and O–H groups in total. The topological polar surface area (TPSA) is 58.6 Å². The van der Waals surface area contributed by atoms with Crippen LogP contribution in [-0.4, -0.2) is 31.5 Å². The molecule has 0 fully saturated rings. The number of rotatable bonds is 8. The summed E-state index contributed by atoms with van der Waals surface area (Å²) in [6.07, 6.45) is 0.260. The fraction of sp³-hybridized carbons (Fsp3) is 0.263. The molecule has 2 aromatic rings. The van der Waals surface area contributed by atoms with Crippen LogP contribution in [-0.2, 0) is 9.59 Å². The number of ether oxygens (including phenoxy) is 1. The summed E-state index contributed by atoms with van der Waals surface area (Å²) in [5.41, 5.74) is 0.749. The van der Waals surface area contributed by atoms with Gasteiger partial charge in [0.25, 0.3) is 0 Å². The largest absolute Gasteiger partial charge is 0.493 e. The van der Waals surface area contributed by atoms with Crippen LogP contribution in [0.5, 0.6) is 5.75 Å². The fourth-order valence-electron chi connectivity index (χ4n) is 2.26. The number of halogens is 1. The lowest BCUT2D eigenvalue weighted by Gasteiger charge is -2.21. The van der Waals surface area contributed by atoms with Crippen LogP contribution in [0.25, 0.3) is 0 Å². The lowest BCUT2D eigenvalue weighted by Crippen LogP contribution is -2.37.